The van der Waals surface area contributed by atoms with Crippen molar-refractivity contribution in [2.24, 2.45) is 5.92 Å². The molecule has 1 saturated heterocycles. The second-order valence-electron chi connectivity index (χ2n) is 5.67. The third-order valence-corrected chi connectivity index (χ3v) is 4.09. The number of aliphatic hydroxyl groups is 1. The summed E-state index contributed by atoms with van der Waals surface area (Å²) in [5, 5.41) is 8.74. The van der Waals surface area contributed by atoms with Crippen molar-refractivity contribution in [3.05, 3.63) is 23.7 Å². The molecule has 0 amide bonds. The summed E-state index contributed by atoms with van der Waals surface area (Å²) in [6.07, 6.45) is 3.33. The maximum atomic E-state index is 8.74. The Kier molecular flexibility index (Phi) is 6.07. The van der Waals surface area contributed by atoms with E-state index in [4.69, 9.17) is 14.3 Å². The van der Waals surface area contributed by atoms with E-state index in [1.54, 1.807) is 0 Å². The molecular weight excluding hydrogens is 254 g/mol. The molecule has 0 saturated carbocycles. The molecule has 0 aliphatic carbocycles. The fraction of sp³-hybridized carbons (Fsp3) is 0.750. The van der Waals surface area contributed by atoms with Gasteiger partial charge in [-0.15, -0.1) is 0 Å². The highest BCUT2D eigenvalue weighted by Gasteiger charge is 2.29. The van der Waals surface area contributed by atoms with Gasteiger partial charge in [0.05, 0.1) is 25.9 Å². The van der Waals surface area contributed by atoms with Crippen LogP contribution in [0.15, 0.2) is 16.5 Å². The Labute approximate surface area is 121 Å². The first-order valence-electron chi connectivity index (χ1n) is 7.75. The van der Waals surface area contributed by atoms with Gasteiger partial charge in [-0.25, -0.2) is 0 Å². The lowest BCUT2D eigenvalue weighted by atomic mass is 9.91. The van der Waals surface area contributed by atoms with Gasteiger partial charge >= 0.3 is 0 Å². The van der Waals surface area contributed by atoms with Crippen molar-refractivity contribution in [2.75, 3.05) is 32.9 Å². The zero-order chi connectivity index (χ0) is 14.4. The smallest absolute Gasteiger partial charge is 0.121 e. The summed E-state index contributed by atoms with van der Waals surface area (Å²) in [6, 6.07) is 4.59. The predicted octanol–water partition coefficient (Wildman–Crippen LogP) is 2.62. The molecule has 4 nitrogen and oxygen atoms in total. The number of piperidine rings is 1. The summed E-state index contributed by atoms with van der Waals surface area (Å²) in [4.78, 5) is 2.45. The molecule has 1 aliphatic heterocycles. The lowest BCUT2D eigenvalue weighted by molar-refractivity contribution is 0.0394. The minimum atomic E-state index is 0.0957. The van der Waals surface area contributed by atoms with Crippen molar-refractivity contribution in [2.45, 2.75) is 39.2 Å². The lowest BCUT2D eigenvalue weighted by Crippen LogP contribution is -2.38. The van der Waals surface area contributed by atoms with Gasteiger partial charge in [0.2, 0.25) is 0 Å². The molecule has 0 bridgehead atoms. The number of likely N-dealkylation sites (tertiary alicyclic amines) is 1. The monoisotopic (exact) mass is 281 g/mol. The van der Waals surface area contributed by atoms with Crippen LogP contribution in [0.25, 0.3) is 0 Å². The number of hydrogen-bond donors (Lipinski definition) is 1. The van der Waals surface area contributed by atoms with E-state index in [2.05, 4.69) is 30.9 Å². The molecule has 2 atom stereocenters. The summed E-state index contributed by atoms with van der Waals surface area (Å²) in [5.74, 6) is 2.90. The van der Waals surface area contributed by atoms with Gasteiger partial charge in [0.25, 0.3) is 0 Å². The normalized spacial score (nSPS) is 24.1. The van der Waals surface area contributed by atoms with Crippen LogP contribution in [0.2, 0.25) is 0 Å². The van der Waals surface area contributed by atoms with Crippen molar-refractivity contribution in [1.82, 2.24) is 4.90 Å². The van der Waals surface area contributed by atoms with Gasteiger partial charge in [0.15, 0.2) is 0 Å². The van der Waals surface area contributed by atoms with Crippen LogP contribution in [-0.2, 0) is 11.2 Å². The van der Waals surface area contributed by atoms with Crippen LogP contribution in [0.1, 0.15) is 44.3 Å². The number of aryl methyl sites for hydroxylation is 1. The Bertz CT molecular complexity index is 391. The van der Waals surface area contributed by atoms with Crippen molar-refractivity contribution in [1.29, 1.82) is 0 Å². The van der Waals surface area contributed by atoms with Crippen LogP contribution >= 0.6 is 0 Å². The number of nitrogens with zero attached hydrogens (tertiary/aromatic N) is 1. The highest BCUT2D eigenvalue weighted by Crippen LogP contribution is 2.34. The van der Waals surface area contributed by atoms with Gasteiger partial charge in [-0.2, -0.15) is 0 Å². The molecule has 2 unspecified atom stereocenters. The number of rotatable bonds is 7. The Hall–Kier alpha value is -0.840. The molecular formula is C16H27NO3. The van der Waals surface area contributed by atoms with Crippen molar-refractivity contribution in [3.63, 3.8) is 0 Å². The quantitative estimate of drug-likeness (QED) is 0.780. The van der Waals surface area contributed by atoms with Crippen molar-refractivity contribution >= 4 is 0 Å². The highest BCUT2D eigenvalue weighted by atomic mass is 16.5. The maximum Gasteiger partial charge on any atom is 0.121 e. The molecule has 4 heteroatoms. The second kappa shape index (κ2) is 7.81. The van der Waals surface area contributed by atoms with E-state index in [0.29, 0.717) is 19.3 Å². The molecule has 1 aliphatic rings. The average Bonchev–Trinajstić information content (AvgIpc) is 2.93. The molecule has 2 rings (SSSR count). The van der Waals surface area contributed by atoms with E-state index in [9.17, 15) is 0 Å². The van der Waals surface area contributed by atoms with Gasteiger partial charge in [0, 0.05) is 13.0 Å². The second-order valence-corrected chi connectivity index (χ2v) is 5.67. The van der Waals surface area contributed by atoms with Crippen LogP contribution in [0.5, 0.6) is 0 Å². The Morgan fingerprint density at radius 3 is 2.95 bits per heavy atom. The molecule has 114 valence electrons. The third kappa shape index (κ3) is 4.08. The first kappa shape index (κ1) is 15.5. The average molecular weight is 281 g/mol. The number of hydrogen-bond acceptors (Lipinski definition) is 4. The molecule has 1 N–H and O–H groups in total. The van der Waals surface area contributed by atoms with Crippen molar-refractivity contribution < 1.29 is 14.3 Å². The fourth-order valence-electron chi connectivity index (χ4n) is 2.87. The van der Waals surface area contributed by atoms with Crippen molar-refractivity contribution in [3.8, 4) is 0 Å². The van der Waals surface area contributed by atoms with E-state index < -0.39 is 0 Å². The van der Waals surface area contributed by atoms with Crippen LogP contribution in [-0.4, -0.2) is 42.9 Å². The minimum absolute atomic E-state index is 0.0957. The van der Waals surface area contributed by atoms with Gasteiger partial charge in [-0.05, 0) is 37.4 Å². The predicted molar refractivity (Wildman–Crippen MR) is 78.7 cm³/mol. The third-order valence-electron chi connectivity index (χ3n) is 4.09. The zero-order valence-corrected chi connectivity index (χ0v) is 12.7. The van der Waals surface area contributed by atoms with Crippen LogP contribution in [0, 0.1) is 5.92 Å². The summed E-state index contributed by atoms with van der Waals surface area (Å²) < 4.78 is 11.4. The maximum absolute atomic E-state index is 8.74. The van der Waals surface area contributed by atoms with Gasteiger partial charge in [0.1, 0.15) is 11.5 Å². The van der Waals surface area contributed by atoms with Gasteiger partial charge in [-0.1, -0.05) is 13.8 Å². The molecule has 0 aromatic carbocycles. The lowest BCUT2D eigenvalue weighted by Gasteiger charge is -2.37. The summed E-state index contributed by atoms with van der Waals surface area (Å²) in [7, 11) is 0. The summed E-state index contributed by atoms with van der Waals surface area (Å²) in [6.45, 7) is 7.62. The Morgan fingerprint density at radius 1 is 1.40 bits per heavy atom. The topological polar surface area (TPSA) is 45.8 Å². The number of aliphatic hydroxyl groups excluding tert-OH is 1. The Balaban J connectivity index is 1.96. The summed E-state index contributed by atoms with van der Waals surface area (Å²) >= 11 is 0. The molecule has 0 radical (unpaired) electrons. The van der Waals surface area contributed by atoms with Crippen LogP contribution in [0.4, 0.5) is 0 Å². The largest absolute Gasteiger partial charge is 0.464 e. The summed E-state index contributed by atoms with van der Waals surface area (Å²) in [5.41, 5.74) is 0. The van der Waals surface area contributed by atoms with E-state index in [0.717, 1.165) is 43.4 Å². The van der Waals surface area contributed by atoms with Crippen LogP contribution in [0.3, 0.4) is 0 Å². The van der Waals surface area contributed by atoms with Crippen LogP contribution < -0.4 is 0 Å². The fourth-order valence-corrected chi connectivity index (χ4v) is 2.87. The van der Waals surface area contributed by atoms with E-state index >= 15 is 0 Å². The minimum Gasteiger partial charge on any atom is -0.464 e. The molecule has 0 spiro atoms. The van der Waals surface area contributed by atoms with E-state index in [1.165, 1.54) is 6.42 Å². The molecule has 1 fully saturated rings. The molecule has 1 aromatic rings. The number of ether oxygens (including phenoxy) is 1. The first-order valence-corrected chi connectivity index (χ1v) is 7.75. The Morgan fingerprint density at radius 2 is 2.25 bits per heavy atom. The standard InChI is InChI=1S/C16H27NO3/c1-3-14-4-5-16(20-14)15-12-13(2)6-7-17(15)8-10-19-11-9-18/h4-5,13,15,18H,3,6-12H2,1-2H3. The molecule has 2 heterocycles. The zero-order valence-electron chi connectivity index (χ0n) is 12.7. The highest BCUT2D eigenvalue weighted by molar-refractivity contribution is 5.12. The van der Waals surface area contributed by atoms with E-state index in [1.807, 2.05) is 0 Å². The van der Waals surface area contributed by atoms with Gasteiger partial charge < -0.3 is 14.3 Å². The SMILES string of the molecule is CCc1ccc(C2CC(C)CCN2CCOCCO)o1. The molecule has 20 heavy (non-hydrogen) atoms. The van der Waals surface area contributed by atoms with Gasteiger partial charge in [-0.3, -0.25) is 4.90 Å². The van der Waals surface area contributed by atoms with E-state index in [-0.39, 0.29) is 6.61 Å². The first-order chi connectivity index (χ1) is 9.74. The molecule has 1 aromatic heterocycles. The number of furan rings is 1.